The number of carbonyl (C=O) groups excluding carboxylic acids is 2. The molecule has 3 aromatic rings. The largest absolute Gasteiger partial charge is 0.309 e. The fourth-order valence-electron chi connectivity index (χ4n) is 4.45. The Morgan fingerprint density at radius 1 is 1.10 bits per heavy atom. The van der Waals surface area contributed by atoms with Crippen LogP contribution in [0.25, 0.3) is 11.3 Å². The standard InChI is InChI=1S/C28H31FN6O2.2H2S/c1-18(28(37)32-26-16-24(33-34-26)19-10-11-19)20-5-2-6-21(15-20)23-7-3-8-25(30-23)31-27(36)9-4-13-35-14-12-22(29)17-35;;/h2-9,15-16,18-19,22H,10-14,17H2,1H3,(H,30,31,36)(H2,32,33,34,37);2*1H2/b9-4+;;/t18-,22-;;/m0../s1. The minimum absolute atomic E-state index is 0. The lowest BCUT2D eigenvalue weighted by Gasteiger charge is -2.13. The zero-order valence-electron chi connectivity index (χ0n) is 21.8. The summed E-state index contributed by atoms with van der Waals surface area (Å²) in [5.74, 6) is 0.694. The first-order valence-electron chi connectivity index (χ1n) is 12.7. The van der Waals surface area contributed by atoms with Crippen LogP contribution in [0.5, 0.6) is 0 Å². The number of nitrogens with zero attached hydrogens (tertiary/aromatic N) is 3. The maximum absolute atomic E-state index is 13.3. The molecule has 2 aromatic heterocycles. The molecule has 3 N–H and O–H groups in total. The quantitative estimate of drug-likeness (QED) is 0.319. The number of anilines is 2. The molecule has 0 bridgehead atoms. The number of halogens is 1. The van der Waals surface area contributed by atoms with E-state index >= 15 is 0 Å². The van der Waals surface area contributed by atoms with Gasteiger partial charge in [-0.1, -0.05) is 30.3 Å². The molecule has 3 heterocycles. The third-order valence-electron chi connectivity index (χ3n) is 6.79. The molecule has 2 fully saturated rings. The van der Waals surface area contributed by atoms with Crippen LogP contribution in [-0.2, 0) is 9.59 Å². The molecule has 2 atom stereocenters. The number of likely N-dealkylation sites (tertiary alicyclic amines) is 1. The number of hydrogen-bond acceptors (Lipinski definition) is 5. The Labute approximate surface area is 241 Å². The molecule has 208 valence electrons. The predicted octanol–water partition coefficient (Wildman–Crippen LogP) is 4.86. The Bertz CT molecular complexity index is 1310. The van der Waals surface area contributed by atoms with Gasteiger partial charge in [0.1, 0.15) is 12.0 Å². The highest BCUT2D eigenvalue weighted by Gasteiger charge is 2.26. The first-order chi connectivity index (χ1) is 17.9. The number of hydrogen-bond donors (Lipinski definition) is 3. The van der Waals surface area contributed by atoms with Crippen molar-refractivity contribution in [1.82, 2.24) is 20.1 Å². The molecular formula is C28H35FN6O2S2. The minimum atomic E-state index is -0.777. The number of carbonyl (C=O) groups is 2. The Kier molecular flexibility index (Phi) is 10.7. The van der Waals surface area contributed by atoms with Crippen LogP contribution in [0.15, 0.2) is 60.7 Å². The summed E-state index contributed by atoms with van der Waals surface area (Å²) in [5.41, 5.74) is 3.45. The van der Waals surface area contributed by atoms with E-state index in [0.29, 0.717) is 49.3 Å². The zero-order valence-corrected chi connectivity index (χ0v) is 23.8. The zero-order chi connectivity index (χ0) is 25.8. The van der Waals surface area contributed by atoms with E-state index in [0.717, 1.165) is 29.7 Å². The molecule has 2 amide bonds. The van der Waals surface area contributed by atoms with Crippen molar-refractivity contribution in [3.63, 3.8) is 0 Å². The number of benzene rings is 1. The number of alkyl halides is 1. The van der Waals surface area contributed by atoms with Gasteiger partial charge in [0.15, 0.2) is 5.82 Å². The molecule has 1 aliphatic carbocycles. The smallest absolute Gasteiger partial charge is 0.249 e. The molecule has 39 heavy (non-hydrogen) atoms. The third-order valence-corrected chi connectivity index (χ3v) is 6.79. The van der Waals surface area contributed by atoms with Gasteiger partial charge >= 0.3 is 0 Å². The van der Waals surface area contributed by atoms with Crippen LogP contribution in [0.3, 0.4) is 0 Å². The third kappa shape index (κ3) is 8.17. The highest BCUT2D eigenvalue weighted by atomic mass is 32.1. The second-order valence-corrected chi connectivity index (χ2v) is 9.76. The van der Waals surface area contributed by atoms with Crippen LogP contribution < -0.4 is 10.6 Å². The molecule has 1 saturated carbocycles. The molecule has 8 nitrogen and oxygen atoms in total. The summed E-state index contributed by atoms with van der Waals surface area (Å²) in [5, 5.41) is 12.9. The summed E-state index contributed by atoms with van der Waals surface area (Å²) < 4.78 is 13.3. The Hall–Kier alpha value is -3.15. The topological polar surface area (TPSA) is 103 Å². The van der Waals surface area contributed by atoms with Crippen molar-refractivity contribution in [2.45, 2.75) is 44.2 Å². The van der Waals surface area contributed by atoms with Crippen molar-refractivity contribution in [2.24, 2.45) is 0 Å². The number of nitrogens with one attached hydrogen (secondary N) is 3. The van der Waals surface area contributed by atoms with Crippen LogP contribution in [0.1, 0.15) is 49.3 Å². The lowest BCUT2D eigenvalue weighted by Crippen LogP contribution is -2.21. The van der Waals surface area contributed by atoms with Crippen molar-refractivity contribution in [2.75, 3.05) is 30.3 Å². The van der Waals surface area contributed by atoms with Gasteiger partial charge in [0, 0.05) is 49.0 Å². The fraction of sp³-hybridized carbons (Fsp3) is 0.357. The van der Waals surface area contributed by atoms with E-state index in [9.17, 15) is 14.0 Å². The van der Waals surface area contributed by atoms with Crippen molar-refractivity contribution in [1.29, 1.82) is 0 Å². The second kappa shape index (κ2) is 13.8. The number of rotatable bonds is 9. The summed E-state index contributed by atoms with van der Waals surface area (Å²) in [4.78, 5) is 31.7. The molecule has 1 aliphatic heterocycles. The Morgan fingerprint density at radius 2 is 1.90 bits per heavy atom. The van der Waals surface area contributed by atoms with Gasteiger partial charge < -0.3 is 10.6 Å². The van der Waals surface area contributed by atoms with E-state index in [1.165, 1.54) is 6.08 Å². The molecule has 1 aromatic carbocycles. The summed E-state index contributed by atoms with van der Waals surface area (Å²) in [6.45, 7) is 3.52. The highest BCUT2D eigenvalue weighted by Crippen LogP contribution is 2.39. The van der Waals surface area contributed by atoms with E-state index in [-0.39, 0.29) is 38.8 Å². The van der Waals surface area contributed by atoms with Gasteiger partial charge in [0.25, 0.3) is 0 Å². The normalized spacial score (nSPS) is 17.7. The molecule has 1 saturated heterocycles. The molecule has 0 spiro atoms. The van der Waals surface area contributed by atoms with Crippen molar-refractivity contribution >= 4 is 50.4 Å². The number of amides is 2. The van der Waals surface area contributed by atoms with Gasteiger partial charge in [-0.15, -0.1) is 0 Å². The SMILES string of the molecule is C[C@H](C(=O)Nc1cc(C2CC2)[nH]n1)c1cccc(-c2cccc(NC(=O)/C=C/CN3CC[C@H](F)C3)n2)c1.S.S. The van der Waals surface area contributed by atoms with Gasteiger partial charge in [0.2, 0.25) is 11.8 Å². The average Bonchev–Trinajstić information content (AvgIpc) is 3.51. The fourth-order valence-corrected chi connectivity index (χ4v) is 4.45. The van der Waals surface area contributed by atoms with Crippen molar-refractivity contribution < 1.29 is 14.0 Å². The summed E-state index contributed by atoms with van der Waals surface area (Å²) in [7, 11) is 0. The van der Waals surface area contributed by atoms with Crippen molar-refractivity contribution in [3.05, 3.63) is 71.9 Å². The lowest BCUT2D eigenvalue weighted by atomic mass is 9.97. The van der Waals surface area contributed by atoms with Gasteiger partial charge in [0.05, 0.1) is 11.6 Å². The van der Waals surface area contributed by atoms with Crippen LogP contribution >= 0.6 is 27.0 Å². The predicted molar refractivity (Wildman–Crippen MR) is 162 cm³/mol. The Balaban J connectivity index is 0.00000210. The van der Waals surface area contributed by atoms with E-state index in [4.69, 9.17) is 0 Å². The van der Waals surface area contributed by atoms with Gasteiger partial charge in [-0.3, -0.25) is 19.6 Å². The first kappa shape index (κ1) is 30.4. The molecule has 11 heteroatoms. The number of aromatic amines is 1. The molecule has 2 aliphatic rings. The van der Waals surface area contributed by atoms with Crippen LogP contribution in [0.2, 0.25) is 0 Å². The van der Waals surface area contributed by atoms with Gasteiger partial charge in [-0.05, 0) is 49.9 Å². The van der Waals surface area contributed by atoms with E-state index in [1.807, 2.05) is 54.3 Å². The molecule has 5 rings (SSSR count). The molecule has 0 radical (unpaired) electrons. The monoisotopic (exact) mass is 570 g/mol. The van der Waals surface area contributed by atoms with E-state index < -0.39 is 12.1 Å². The number of pyridine rings is 1. The maximum Gasteiger partial charge on any atom is 0.249 e. The highest BCUT2D eigenvalue weighted by molar-refractivity contribution is 7.59. The lowest BCUT2D eigenvalue weighted by molar-refractivity contribution is -0.117. The average molecular weight is 571 g/mol. The summed E-state index contributed by atoms with van der Waals surface area (Å²) >= 11 is 0. The minimum Gasteiger partial charge on any atom is -0.309 e. The number of H-pyrrole nitrogens is 1. The summed E-state index contributed by atoms with van der Waals surface area (Å²) in [6, 6.07) is 15.0. The maximum atomic E-state index is 13.3. The first-order valence-corrected chi connectivity index (χ1v) is 12.7. The Morgan fingerprint density at radius 3 is 2.64 bits per heavy atom. The van der Waals surface area contributed by atoms with E-state index in [2.05, 4.69) is 25.8 Å². The van der Waals surface area contributed by atoms with Crippen molar-refractivity contribution in [3.8, 4) is 11.3 Å². The van der Waals surface area contributed by atoms with E-state index in [1.54, 1.807) is 12.1 Å². The van der Waals surface area contributed by atoms with Gasteiger partial charge in [-0.25, -0.2) is 9.37 Å². The number of aromatic nitrogens is 3. The van der Waals surface area contributed by atoms with Crippen LogP contribution in [0.4, 0.5) is 16.0 Å². The molecule has 0 unspecified atom stereocenters. The van der Waals surface area contributed by atoms with Crippen LogP contribution in [-0.4, -0.2) is 57.7 Å². The van der Waals surface area contributed by atoms with Gasteiger partial charge in [-0.2, -0.15) is 32.1 Å². The summed E-state index contributed by atoms with van der Waals surface area (Å²) in [6.07, 6.45) is 5.29. The molecular weight excluding hydrogens is 535 g/mol. The van der Waals surface area contributed by atoms with Crippen LogP contribution in [0, 0.1) is 0 Å². The second-order valence-electron chi connectivity index (χ2n) is 9.76.